The summed E-state index contributed by atoms with van der Waals surface area (Å²) in [7, 11) is -2.65. The average molecular weight is 548 g/mol. The van der Waals surface area contributed by atoms with Crippen LogP contribution in [0.4, 0.5) is 5.69 Å². The largest absolute Gasteiger partial charge is 0.357 e. The summed E-state index contributed by atoms with van der Waals surface area (Å²) >= 11 is 12.7. The predicted octanol–water partition coefficient (Wildman–Crippen LogP) is 4.66. The molecule has 0 unspecified atom stereocenters. The standard InChI is InChI=1S/C26H27Cl2N3O4S/c1-18-9-7-10-20(15-18)31(36(34,35)21-11-5-4-6-12-21)17-25(32)30(19(2)26(33)29-3)16-22-23(27)13-8-14-24(22)28/h4-15,19H,16-17H2,1-3H3,(H,29,33)/t19-/m1/s1. The van der Waals surface area contributed by atoms with Crippen LogP contribution in [0.1, 0.15) is 18.1 Å². The molecule has 7 nitrogen and oxygen atoms in total. The molecule has 0 aliphatic rings. The van der Waals surface area contributed by atoms with E-state index in [-0.39, 0.29) is 11.4 Å². The Morgan fingerprint density at radius 1 is 0.944 bits per heavy atom. The molecule has 3 aromatic carbocycles. The van der Waals surface area contributed by atoms with Crippen molar-refractivity contribution in [2.45, 2.75) is 31.3 Å². The van der Waals surface area contributed by atoms with Crippen LogP contribution in [-0.4, -0.2) is 44.8 Å². The molecule has 10 heteroatoms. The van der Waals surface area contributed by atoms with E-state index in [9.17, 15) is 18.0 Å². The summed E-state index contributed by atoms with van der Waals surface area (Å²) in [5.74, 6) is -1.01. The summed E-state index contributed by atoms with van der Waals surface area (Å²) in [5, 5.41) is 3.19. The van der Waals surface area contributed by atoms with Crippen LogP contribution in [0.5, 0.6) is 0 Å². The molecule has 0 saturated heterocycles. The van der Waals surface area contributed by atoms with Gasteiger partial charge in [0.1, 0.15) is 12.6 Å². The van der Waals surface area contributed by atoms with Crippen molar-refractivity contribution in [3.05, 3.63) is 94.0 Å². The molecule has 0 heterocycles. The molecular weight excluding hydrogens is 521 g/mol. The Morgan fingerprint density at radius 3 is 2.14 bits per heavy atom. The zero-order chi connectivity index (χ0) is 26.5. The lowest BCUT2D eigenvalue weighted by Gasteiger charge is -2.32. The first-order chi connectivity index (χ1) is 17.1. The third kappa shape index (κ3) is 6.19. The second-order valence-corrected chi connectivity index (χ2v) is 10.9. The van der Waals surface area contributed by atoms with E-state index in [1.807, 2.05) is 13.0 Å². The second kappa shape index (κ2) is 11.8. The summed E-state index contributed by atoms with van der Waals surface area (Å²) in [6.45, 7) is 2.77. The van der Waals surface area contributed by atoms with Crippen molar-refractivity contribution in [1.82, 2.24) is 10.2 Å². The molecular formula is C26H27Cl2N3O4S. The number of carbonyl (C=O) groups is 2. The van der Waals surface area contributed by atoms with Gasteiger partial charge >= 0.3 is 0 Å². The number of hydrogen-bond donors (Lipinski definition) is 1. The van der Waals surface area contributed by atoms with Crippen LogP contribution in [0.2, 0.25) is 10.0 Å². The van der Waals surface area contributed by atoms with E-state index in [4.69, 9.17) is 23.2 Å². The van der Waals surface area contributed by atoms with E-state index >= 15 is 0 Å². The van der Waals surface area contributed by atoms with E-state index in [0.717, 1.165) is 9.87 Å². The molecule has 0 aliphatic heterocycles. The lowest BCUT2D eigenvalue weighted by molar-refractivity contribution is -0.139. The Hall–Kier alpha value is -3.07. The van der Waals surface area contributed by atoms with Crippen LogP contribution in [0, 0.1) is 6.92 Å². The Labute approximate surface area is 221 Å². The highest BCUT2D eigenvalue weighted by atomic mass is 35.5. The van der Waals surface area contributed by atoms with Gasteiger partial charge in [0.2, 0.25) is 11.8 Å². The number of rotatable bonds is 9. The number of benzene rings is 3. The Balaban J connectivity index is 2.06. The molecule has 190 valence electrons. The summed E-state index contributed by atoms with van der Waals surface area (Å²) < 4.78 is 28.4. The van der Waals surface area contributed by atoms with E-state index in [2.05, 4.69) is 5.32 Å². The van der Waals surface area contributed by atoms with Gasteiger partial charge in [0.05, 0.1) is 10.6 Å². The van der Waals surface area contributed by atoms with Crippen molar-refractivity contribution in [2.75, 3.05) is 17.9 Å². The molecule has 0 saturated carbocycles. The highest BCUT2D eigenvalue weighted by Gasteiger charge is 2.32. The van der Waals surface area contributed by atoms with Crippen molar-refractivity contribution in [3.63, 3.8) is 0 Å². The van der Waals surface area contributed by atoms with Gasteiger partial charge in [-0.05, 0) is 55.8 Å². The minimum absolute atomic E-state index is 0.0411. The molecule has 3 rings (SSSR count). The second-order valence-electron chi connectivity index (χ2n) is 8.18. The molecule has 0 aromatic heterocycles. The smallest absolute Gasteiger partial charge is 0.264 e. The lowest BCUT2D eigenvalue weighted by atomic mass is 10.1. The highest BCUT2D eigenvalue weighted by Crippen LogP contribution is 2.28. The zero-order valence-corrected chi connectivity index (χ0v) is 22.4. The quantitative estimate of drug-likeness (QED) is 0.422. The van der Waals surface area contributed by atoms with Crippen LogP contribution < -0.4 is 9.62 Å². The van der Waals surface area contributed by atoms with E-state index < -0.39 is 34.4 Å². The molecule has 3 aromatic rings. The molecule has 2 amide bonds. The maximum atomic E-state index is 13.7. The van der Waals surface area contributed by atoms with Crippen LogP contribution in [0.15, 0.2) is 77.7 Å². The zero-order valence-electron chi connectivity index (χ0n) is 20.1. The van der Waals surface area contributed by atoms with Gasteiger partial charge in [-0.3, -0.25) is 13.9 Å². The molecule has 0 aliphatic carbocycles. The van der Waals surface area contributed by atoms with Gasteiger partial charge in [0.15, 0.2) is 0 Å². The van der Waals surface area contributed by atoms with Crippen molar-refractivity contribution in [3.8, 4) is 0 Å². The van der Waals surface area contributed by atoms with E-state index in [0.29, 0.717) is 21.3 Å². The summed E-state index contributed by atoms with van der Waals surface area (Å²) in [4.78, 5) is 27.6. The Bertz CT molecular complexity index is 1330. The maximum Gasteiger partial charge on any atom is 0.264 e. The molecule has 0 spiro atoms. The van der Waals surface area contributed by atoms with Crippen LogP contribution in [0.25, 0.3) is 0 Å². The number of nitrogens with zero attached hydrogens (tertiary/aromatic N) is 2. The number of anilines is 1. The number of halogens is 2. The summed E-state index contributed by atoms with van der Waals surface area (Å²) in [6, 6.07) is 18.8. The van der Waals surface area contributed by atoms with Gasteiger partial charge < -0.3 is 10.2 Å². The minimum atomic E-state index is -4.11. The van der Waals surface area contributed by atoms with Crippen LogP contribution >= 0.6 is 23.2 Å². The van der Waals surface area contributed by atoms with Crippen molar-refractivity contribution < 1.29 is 18.0 Å². The highest BCUT2D eigenvalue weighted by molar-refractivity contribution is 7.92. The number of likely N-dealkylation sites (N-methyl/N-ethyl adjacent to an activating group) is 1. The number of nitrogens with one attached hydrogen (secondary N) is 1. The van der Waals surface area contributed by atoms with Gasteiger partial charge in [0, 0.05) is 29.2 Å². The van der Waals surface area contributed by atoms with E-state index in [1.165, 1.54) is 24.1 Å². The van der Waals surface area contributed by atoms with E-state index in [1.54, 1.807) is 61.5 Å². The summed E-state index contributed by atoms with van der Waals surface area (Å²) in [5.41, 5.74) is 1.61. The first-order valence-corrected chi connectivity index (χ1v) is 13.3. The number of amides is 2. The van der Waals surface area contributed by atoms with Gasteiger partial charge in [-0.15, -0.1) is 0 Å². The third-order valence-electron chi connectivity index (χ3n) is 5.70. The molecule has 36 heavy (non-hydrogen) atoms. The third-order valence-corrected chi connectivity index (χ3v) is 8.20. The molecule has 0 radical (unpaired) electrons. The number of carbonyl (C=O) groups excluding carboxylic acids is 2. The van der Waals surface area contributed by atoms with Crippen molar-refractivity contribution >= 4 is 50.7 Å². The molecule has 0 fully saturated rings. The average Bonchev–Trinajstić information content (AvgIpc) is 2.86. The fraction of sp³-hybridized carbons (Fsp3) is 0.231. The van der Waals surface area contributed by atoms with Crippen LogP contribution in [0.3, 0.4) is 0 Å². The Kier molecular flexibility index (Phi) is 9.00. The summed E-state index contributed by atoms with van der Waals surface area (Å²) in [6.07, 6.45) is 0. The first-order valence-electron chi connectivity index (χ1n) is 11.1. The minimum Gasteiger partial charge on any atom is -0.357 e. The predicted molar refractivity (Wildman–Crippen MR) is 143 cm³/mol. The maximum absolute atomic E-state index is 13.7. The topological polar surface area (TPSA) is 86.8 Å². The van der Waals surface area contributed by atoms with Gasteiger partial charge in [-0.1, -0.05) is 59.6 Å². The molecule has 1 N–H and O–H groups in total. The molecule has 1 atom stereocenters. The Morgan fingerprint density at radius 2 is 1.56 bits per heavy atom. The number of hydrogen-bond acceptors (Lipinski definition) is 4. The number of sulfonamides is 1. The van der Waals surface area contributed by atoms with Gasteiger partial charge in [-0.2, -0.15) is 0 Å². The van der Waals surface area contributed by atoms with Crippen molar-refractivity contribution in [1.29, 1.82) is 0 Å². The van der Waals surface area contributed by atoms with Crippen LogP contribution in [-0.2, 0) is 26.2 Å². The monoisotopic (exact) mass is 547 g/mol. The first kappa shape index (κ1) is 27.5. The fourth-order valence-corrected chi connectivity index (χ4v) is 5.62. The van der Waals surface area contributed by atoms with Gasteiger partial charge in [0.25, 0.3) is 10.0 Å². The number of aryl methyl sites for hydroxylation is 1. The SMILES string of the molecule is CNC(=O)[C@@H](C)N(Cc1c(Cl)cccc1Cl)C(=O)CN(c1cccc(C)c1)S(=O)(=O)c1ccccc1. The lowest BCUT2D eigenvalue weighted by Crippen LogP contribution is -2.50. The molecule has 0 bridgehead atoms. The van der Waals surface area contributed by atoms with Gasteiger partial charge in [-0.25, -0.2) is 8.42 Å². The normalized spacial score (nSPS) is 12.0. The fourth-order valence-electron chi connectivity index (χ4n) is 3.68. The van der Waals surface area contributed by atoms with Crippen molar-refractivity contribution in [2.24, 2.45) is 0 Å².